The monoisotopic (exact) mass is 123 g/mol. The van der Waals surface area contributed by atoms with Crippen LogP contribution in [0.4, 0.5) is 0 Å². The first-order valence-electron chi connectivity index (χ1n) is 2.90. The minimum Gasteiger partial charge on any atom is -0.433 e. The highest BCUT2D eigenvalue weighted by Crippen LogP contribution is 1.96. The first-order chi connectivity index (χ1) is 4.33. The molecule has 4 heteroatoms. The van der Waals surface area contributed by atoms with Crippen LogP contribution in [0.5, 0.6) is 0 Å². The van der Waals surface area contributed by atoms with Crippen LogP contribution in [0.3, 0.4) is 0 Å². The lowest BCUT2D eigenvalue weighted by atomic mass is 10.3. The topological polar surface area (TPSA) is 36.1 Å². The number of nitrogens with one attached hydrogen (secondary N) is 3. The molecule has 1 aliphatic rings. The lowest BCUT2D eigenvalue weighted by molar-refractivity contribution is 0.706. The Labute approximate surface area is 55.6 Å². The molecule has 0 atom stereocenters. The van der Waals surface area contributed by atoms with E-state index in [4.69, 9.17) is 0 Å². The summed E-state index contributed by atoms with van der Waals surface area (Å²) in [5.41, 5.74) is 8.04. The second-order valence-corrected chi connectivity index (χ2v) is 1.95. The van der Waals surface area contributed by atoms with Gasteiger partial charge in [0.1, 0.15) is 0 Å². The fraction of sp³-hybridized carbons (Fsp3) is 0.200. The third-order valence-electron chi connectivity index (χ3n) is 1.16. The van der Waals surface area contributed by atoms with E-state index in [9.17, 15) is 0 Å². The number of rotatable bonds is 1. The van der Waals surface area contributed by atoms with Crippen molar-refractivity contribution in [3.05, 3.63) is 23.7 Å². The molecule has 1 heterocycles. The normalized spacial score (nSPS) is 16.6. The van der Waals surface area contributed by atoms with Crippen molar-refractivity contribution in [2.45, 2.75) is 6.92 Å². The molecule has 0 amide bonds. The van der Waals surface area contributed by atoms with Crippen molar-refractivity contribution in [1.29, 1.82) is 0 Å². The molecule has 0 aromatic heterocycles. The van der Waals surface area contributed by atoms with Crippen molar-refractivity contribution in [1.82, 2.24) is 16.1 Å². The molecule has 9 heavy (non-hydrogen) atoms. The van der Waals surface area contributed by atoms with E-state index in [1.165, 1.54) is 0 Å². The smallest absolute Gasteiger partial charge is 0.214 e. The highest BCUT2D eigenvalue weighted by molar-refractivity contribution is 6.05. The van der Waals surface area contributed by atoms with E-state index in [0.29, 0.717) is 0 Å². The van der Waals surface area contributed by atoms with Crippen molar-refractivity contribution in [2.24, 2.45) is 0 Å². The maximum Gasteiger partial charge on any atom is 0.214 e. The first-order valence-corrected chi connectivity index (χ1v) is 2.90. The van der Waals surface area contributed by atoms with Gasteiger partial charge < -0.3 is 16.1 Å². The fourth-order valence-corrected chi connectivity index (χ4v) is 0.683. The van der Waals surface area contributed by atoms with E-state index in [2.05, 4.69) is 16.1 Å². The van der Waals surface area contributed by atoms with Gasteiger partial charge in [0.2, 0.25) is 7.98 Å². The van der Waals surface area contributed by atoms with Gasteiger partial charge in [-0.1, -0.05) is 0 Å². The molecule has 3 N–H and O–H groups in total. The molecule has 0 radical (unpaired) electrons. The van der Waals surface area contributed by atoms with Crippen LogP contribution in [0.1, 0.15) is 6.92 Å². The fourth-order valence-electron chi connectivity index (χ4n) is 0.683. The highest BCUT2D eigenvalue weighted by atomic mass is 15.4. The van der Waals surface area contributed by atoms with Crippen molar-refractivity contribution in [3.8, 4) is 0 Å². The van der Waals surface area contributed by atoms with Gasteiger partial charge in [0.05, 0.1) is 0 Å². The third-order valence-corrected chi connectivity index (χ3v) is 1.16. The van der Waals surface area contributed by atoms with Gasteiger partial charge in [-0.2, -0.15) is 0 Å². The van der Waals surface area contributed by atoms with Crippen LogP contribution in [0.25, 0.3) is 0 Å². The summed E-state index contributed by atoms with van der Waals surface area (Å²) in [7, 11) is 1.89. The second kappa shape index (κ2) is 2.48. The summed E-state index contributed by atoms with van der Waals surface area (Å²) >= 11 is 0. The number of hydrazine groups is 1. The third kappa shape index (κ3) is 1.42. The van der Waals surface area contributed by atoms with Crippen molar-refractivity contribution < 1.29 is 0 Å². The molecule has 0 bridgehead atoms. The zero-order valence-electron chi connectivity index (χ0n) is 5.65. The zero-order valence-corrected chi connectivity index (χ0v) is 5.65. The molecule has 0 fully saturated rings. The maximum absolute atomic E-state index is 3.02. The van der Waals surface area contributed by atoms with E-state index in [1.54, 1.807) is 0 Å². The van der Waals surface area contributed by atoms with Gasteiger partial charge >= 0.3 is 0 Å². The standard InChI is InChI=1S/C5H10BN3/c1-4-2-5(8-6)3-7-9-4/h2-3,7-9H,6H2,1H3. The Morgan fingerprint density at radius 2 is 2.44 bits per heavy atom. The van der Waals surface area contributed by atoms with Crippen LogP contribution in [0.2, 0.25) is 0 Å². The van der Waals surface area contributed by atoms with Gasteiger partial charge in [-0.3, -0.25) is 0 Å². The summed E-state index contributed by atoms with van der Waals surface area (Å²) < 4.78 is 0. The van der Waals surface area contributed by atoms with E-state index < -0.39 is 0 Å². The minimum atomic E-state index is 1.09. The van der Waals surface area contributed by atoms with E-state index in [1.807, 2.05) is 27.2 Å². The summed E-state index contributed by atoms with van der Waals surface area (Å²) in [6.07, 6.45) is 3.89. The van der Waals surface area contributed by atoms with E-state index in [0.717, 1.165) is 11.4 Å². The van der Waals surface area contributed by atoms with Crippen LogP contribution in [0.15, 0.2) is 23.7 Å². The lowest BCUT2D eigenvalue weighted by Crippen LogP contribution is -2.30. The van der Waals surface area contributed by atoms with Gasteiger partial charge in [-0.05, 0) is 13.0 Å². The molecule has 1 rings (SSSR count). The first kappa shape index (κ1) is 6.07. The summed E-state index contributed by atoms with van der Waals surface area (Å²) in [6, 6.07) is 0. The Kier molecular flexibility index (Phi) is 1.67. The van der Waals surface area contributed by atoms with Gasteiger partial charge in [0.25, 0.3) is 0 Å². The Morgan fingerprint density at radius 1 is 1.67 bits per heavy atom. The molecular formula is C5H10BN3. The van der Waals surface area contributed by atoms with Crippen molar-refractivity contribution in [2.75, 3.05) is 0 Å². The average Bonchev–Trinajstić information content (AvgIpc) is 1.88. The molecule has 3 nitrogen and oxygen atoms in total. The Hall–Kier alpha value is -1.06. The largest absolute Gasteiger partial charge is 0.433 e. The molecular weight excluding hydrogens is 113 g/mol. The van der Waals surface area contributed by atoms with E-state index >= 15 is 0 Å². The summed E-state index contributed by atoms with van der Waals surface area (Å²) in [5, 5.41) is 3.02. The zero-order chi connectivity index (χ0) is 6.69. The van der Waals surface area contributed by atoms with Crippen LogP contribution in [-0.2, 0) is 0 Å². The molecule has 48 valence electrons. The molecule has 0 unspecified atom stereocenters. The number of hydrogen-bond donors (Lipinski definition) is 3. The quantitative estimate of drug-likeness (QED) is 0.390. The van der Waals surface area contributed by atoms with Crippen molar-refractivity contribution in [3.63, 3.8) is 0 Å². The van der Waals surface area contributed by atoms with Gasteiger partial charge in [0.15, 0.2) is 0 Å². The van der Waals surface area contributed by atoms with Crippen LogP contribution in [0, 0.1) is 0 Å². The summed E-state index contributed by atoms with van der Waals surface area (Å²) in [4.78, 5) is 0. The lowest BCUT2D eigenvalue weighted by Gasteiger charge is -2.13. The predicted molar refractivity (Wildman–Crippen MR) is 39.8 cm³/mol. The Balaban J connectivity index is 2.63. The van der Waals surface area contributed by atoms with Crippen molar-refractivity contribution >= 4 is 7.98 Å². The summed E-state index contributed by atoms with van der Waals surface area (Å²) in [5.74, 6) is 0. The maximum atomic E-state index is 3.02. The molecule has 0 saturated carbocycles. The summed E-state index contributed by atoms with van der Waals surface area (Å²) in [6.45, 7) is 2.00. The SMILES string of the molecule is BNC1=CNNC(C)=C1. The number of allylic oxidation sites excluding steroid dienone is 2. The Morgan fingerprint density at radius 3 is 2.89 bits per heavy atom. The molecule has 0 aromatic carbocycles. The van der Waals surface area contributed by atoms with Crippen LogP contribution in [-0.4, -0.2) is 7.98 Å². The molecule has 1 aliphatic heterocycles. The van der Waals surface area contributed by atoms with Gasteiger partial charge in [-0.25, -0.2) is 0 Å². The molecule has 0 spiro atoms. The van der Waals surface area contributed by atoms with Gasteiger partial charge in [-0.15, -0.1) is 0 Å². The highest BCUT2D eigenvalue weighted by Gasteiger charge is 1.94. The molecule has 0 aromatic rings. The second-order valence-electron chi connectivity index (χ2n) is 1.95. The molecule has 0 saturated heterocycles. The van der Waals surface area contributed by atoms with E-state index in [-0.39, 0.29) is 0 Å². The predicted octanol–water partition coefficient (Wildman–Crippen LogP) is -1.02. The molecule has 0 aliphatic carbocycles. The van der Waals surface area contributed by atoms with Crippen LogP contribution < -0.4 is 16.1 Å². The average molecular weight is 123 g/mol. The number of hydrogen-bond acceptors (Lipinski definition) is 3. The Bertz CT molecular complexity index is 162. The van der Waals surface area contributed by atoms with Gasteiger partial charge in [0, 0.05) is 17.6 Å². The van der Waals surface area contributed by atoms with Crippen LogP contribution >= 0.6 is 0 Å². The minimum absolute atomic E-state index is 1.09.